The SMILES string of the molecule is O=C1CN(c2ccc(C(=O)O)o2)c2ccccc2N1. The number of benzene rings is 1. The van der Waals surface area contributed by atoms with Crippen LogP contribution < -0.4 is 10.2 Å². The van der Waals surface area contributed by atoms with Gasteiger partial charge in [-0.1, -0.05) is 12.1 Å². The van der Waals surface area contributed by atoms with E-state index in [1.807, 2.05) is 18.2 Å². The van der Waals surface area contributed by atoms with Crippen molar-refractivity contribution in [3.8, 4) is 0 Å². The minimum atomic E-state index is -1.14. The maximum absolute atomic E-state index is 11.6. The van der Waals surface area contributed by atoms with Crippen LogP contribution in [0.25, 0.3) is 0 Å². The van der Waals surface area contributed by atoms with Gasteiger partial charge in [0.1, 0.15) is 6.54 Å². The van der Waals surface area contributed by atoms with Gasteiger partial charge >= 0.3 is 5.97 Å². The third kappa shape index (κ3) is 1.93. The second kappa shape index (κ2) is 4.16. The predicted molar refractivity (Wildman–Crippen MR) is 67.7 cm³/mol. The van der Waals surface area contributed by atoms with Crippen molar-refractivity contribution in [1.29, 1.82) is 0 Å². The van der Waals surface area contributed by atoms with E-state index in [0.717, 1.165) is 5.69 Å². The van der Waals surface area contributed by atoms with E-state index in [0.29, 0.717) is 11.6 Å². The maximum Gasteiger partial charge on any atom is 0.371 e. The van der Waals surface area contributed by atoms with Crippen molar-refractivity contribution < 1.29 is 19.1 Å². The number of carbonyl (C=O) groups is 2. The van der Waals surface area contributed by atoms with Crippen LogP contribution in [-0.2, 0) is 4.79 Å². The van der Waals surface area contributed by atoms with Crippen molar-refractivity contribution >= 4 is 29.1 Å². The van der Waals surface area contributed by atoms with Gasteiger partial charge in [-0.3, -0.25) is 4.79 Å². The first-order valence-electron chi connectivity index (χ1n) is 5.65. The summed E-state index contributed by atoms with van der Waals surface area (Å²) in [6, 6.07) is 10.2. The molecule has 0 spiro atoms. The molecule has 19 heavy (non-hydrogen) atoms. The Bertz CT molecular complexity index is 662. The van der Waals surface area contributed by atoms with Crippen LogP contribution in [0.4, 0.5) is 17.3 Å². The highest BCUT2D eigenvalue weighted by molar-refractivity contribution is 6.02. The molecule has 0 fully saturated rings. The molecular formula is C13H10N2O4. The number of carbonyl (C=O) groups excluding carboxylic acids is 1. The molecule has 0 saturated carbocycles. The number of carboxylic acids is 1. The maximum atomic E-state index is 11.6. The van der Waals surface area contributed by atoms with Crippen molar-refractivity contribution in [3.05, 3.63) is 42.2 Å². The molecule has 1 aromatic heterocycles. The number of nitrogens with zero attached hydrogens (tertiary/aromatic N) is 1. The van der Waals surface area contributed by atoms with Gasteiger partial charge in [0.05, 0.1) is 11.4 Å². The Morgan fingerprint density at radius 1 is 1.26 bits per heavy atom. The second-order valence-electron chi connectivity index (χ2n) is 4.09. The number of rotatable bonds is 2. The minimum absolute atomic E-state index is 0.0869. The standard InChI is InChI=1S/C13H10N2O4/c16-11-7-15(9-4-2-1-3-8(9)14-11)12-6-5-10(19-12)13(17)18/h1-6H,7H2,(H,14,16)(H,17,18). The molecule has 3 rings (SSSR count). The molecule has 0 unspecified atom stereocenters. The topological polar surface area (TPSA) is 82.8 Å². The van der Waals surface area contributed by atoms with Gasteiger partial charge in [0.15, 0.2) is 0 Å². The predicted octanol–water partition coefficient (Wildman–Crippen LogP) is 2.07. The number of hydrogen-bond donors (Lipinski definition) is 2. The molecule has 0 aliphatic carbocycles. The molecule has 6 heteroatoms. The van der Waals surface area contributed by atoms with Gasteiger partial charge in [-0.05, 0) is 18.2 Å². The first kappa shape index (κ1) is 11.3. The largest absolute Gasteiger partial charge is 0.475 e. The van der Waals surface area contributed by atoms with Gasteiger partial charge in [-0.2, -0.15) is 0 Å². The highest BCUT2D eigenvalue weighted by Gasteiger charge is 2.25. The smallest absolute Gasteiger partial charge is 0.371 e. The number of amides is 1. The Balaban J connectivity index is 2.04. The molecular weight excluding hydrogens is 248 g/mol. The van der Waals surface area contributed by atoms with Crippen molar-refractivity contribution in [2.24, 2.45) is 0 Å². The Labute approximate surface area is 108 Å². The fourth-order valence-electron chi connectivity index (χ4n) is 2.02. The summed E-state index contributed by atoms with van der Waals surface area (Å²) < 4.78 is 5.24. The van der Waals surface area contributed by atoms with E-state index in [9.17, 15) is 9.59 Å². The normalized spacial score (nSPS) is 13.9. The van der Waals surface area contributed by atoms with Crippen molar-refractivity contribution in [2.45, 2.75) is 0 Å². The lowest BCUT2D eigenvalue weighted by atomic mass is 10.2. The van der Waals surface area contributed by atoms with E-state index >= 15 is 0 Å². The van der Waals surface area contributed by atoms with Crippen LogP contribution in [0.15, 0.2) is 40.8 Å². The third-order valence-corrected chi connectivity index (χ3v) is 2.84. The molecule has 0 atom stereocenters. The highest BCUT2D eigenvalue weighted by atomic mass is 16.4. The third-order valence-electron chi connectivity index (χ3n) is 2.84. The van der Waals surface area contributed by atoms with Gasteiger partial charge < -0.3 is 19.7 Å². The van der Waals surface area contributed by atoms with Gasteiger partial charge in [-0.15, -0.1) is 0 Å². The van der Waals surface area contributed by atoms with E-state index in [2.05, 4.69) is 5.32 Å². The zero-order valence-corrected chi connectivity index (χ0v) is 9.79. The number of para-hydroxylation sites is 2. The summed E-state index contributed by atoms with van der Waals surface area (Å²) in [5.41, 5.74) is 1.44. The number of furan rings is 1. The van der Waals surface area contributed by atoms with E-state index < -0.39 is 5.97 Å². The zero-order valence-electron chi connectivity index (χ0n) is 9.79. The first-order chi connectivity index (χ1) is 9.15. The lowest BCUT2D eigenvalue weighted by Crippen LogP contribution is -2.34. The number of nitrogens with one attached hydrogen (secondary N) is 1. The Kier molecular flexibility index (Phi) is 2.49. The molecule has 2 heterocycles. The molecule has 1 aliphatic heterocycles. The van der Waals surface area contributed by atoms with E-state index in [-0.39, 0.29) is 18.2 Å². The van der Waals surface area contributed by atoms with Crippen LogP contribution in [0.3, 0.4) is 0 Å². The van der Waals surface area contributed by atoms with Gasteiger partial charge in [-0.25, -0.2) is 4.79 Å². The fraction of sp³-hybridized carbons (Fsp3) is 0.0769. The molecule has 2 aromatic rings. The van der Waals surface area contributed by atoms with Gasteiger partial charge in [0, 0.05) is 6.07 Å². The minimum Gasteiger partial charge on any atom is -0.475 e. The van der Waals surface area contributed by atoms with E-state index in [1.165, 1.54) is 6.07 Å². The molecule has 2 N–H and O–H groups in total. The summed E-state index contributed by atoms with van der Waals surface area (Å²) in [5.74, 6) is -1.13. The molecule has 1 aromatic carbocycles. The monoisotopic (exact) mass is 258 g/mol. The number of anilines is 3. The quantitative estimate of drug-likeness (QED) is 0.861. The summed E-state index contributed by atoms with van der Waals surface area (Å²) in [6.07, 6.45) is 0. The average Bonchev–Trinajstić information content (AvgIpc) is 2.87. The number of aromatic carboxylic acids is 1. The Hall–Kier alpha value is -2.76. The Morgan fingerprint density at radius 3 is 2.79 bits per heavy atom. The van der Waals surface area contributed by atoms with Crippen LogP contribution in [0.2, 0.25) is 0 Å². The van der Waals surface area contributed by atoms with Crippen molar-refractivity contribution in [3.63, 3.8) is 0 Å². The number of carboxylic acid groups (broad SMARTS) is 1. The summed E-state index contributed by atoms with van der Waals surface area (Å²) in [4.78, 5) is 24.1. The summed E-state index contributed by atoms with van der Waals surface area (Å²) >= 11 is 0. The van der Waals surface area contributed by atoms with Crippen LogP contribution in [-0.4, -0.2) is 23.5 Å². The van der Waals surface area contributed by atoms with Gasteiger partial charge in [0.2, 0.25) is 17.6 Å². The average molecular weight is 258 g/mol. The first-order valence-corrected chi connectivity index (χ1v) is 5.65. The second-order valence-corrected chi connectivity index (χ2v) is 4.09. The zero-order chi connectivity index (χ0) is 13.4. The fourth-order valence-corrected chi connectivity index (χ4v) is 2.02. The van der Waals surface area contributed by atoms with Crippen LogP contribution >= 0.6 is 0 Å². The van der Waals surface area contributed by atoms with Crippen molar-refractivity contribution in [2.75, 3.05) is 16.8 Å². The lowest BCUT2D eigenvalue weighted by molar-refractivity contribution is -0.115. The van der Waals surface area contributed by atoms with Crippen molar-refractivity contribution in [1.82, 2.24) is 0 Å². The Morgan fingerprint density at radius 2 is 2.05 bits per heavy atom. The summed E-state index contributed by atoms with van der Waals surface area (Å²) in [6.45, 7) is 0.0869. The number of hydrogen-bond acceptors (Lipinski definition) is 4. The molecule has 0 radical (unpaired) electrons. The molecule has 1 aliphatic rings. The highest BCUT2D eigenvalue weighted by Crippen LogP contribution is 2.35. The van der Waals surface area contributed by atoms with Crippen LogP contribution in [0.1, 0.15) is 10.6 Å². The summed E-state index contributed by atoms with van der Waals surface area (Å²) in [5, 5.41) is 11.6. The van der Waals surface area contributed by atoms with Crippen LogP contribution in [0.5, 0.6) is 0 Å². The molecule has 96 valence electrons. The molecule has 6 nitrogen and oxygen atoms in total. The van der Waals surface area contributed by atoms with E-state index in [4.69, 9.17) is 9.52 Å². The molecule has 0 bridgehead atoms. The van der Waals surface area contributed by atoms with Gasteiger partial charge in [0.25, 0.3) is 0 Å². The lowest BCUT2D eigenvalue weighted by Gasteiger charge is -2.28. The number of fused-ring (bicyclic) bond motifs is 1. The van der Waals surface area contributed by atoms with Crippen LogP contribution in [0, 0.1) is 0 Å². The molecule has 0 saturated heterocycles. The van der Waals surface area contributed by atoms with E-state index in [1.54, 1.807) is 17.0 Å². The molecule has 1 amide bonds. The summed E-state index contributed by atoms with van der Waals surface area (Å²) in [7, 11) is 0.